The third kappa shape index (κ3) is 3.02. The van der Waals surface area contributed by atoms with Crippen LogP contribution < -0.4 is 15.6 Å². The fraction of sp³-hybridized carbons (Fsp3) is 0.231. The van der Waals surface area contributed by atoms with Gasteiger partial charge < -0.3 is 14.6 Å². The van der Waals surface area contributed by atoms with Gasteiger partial charge in [-0.15, -0.1) is 0 Å². The highest BCUT2D eigenvalue weighted by Gasteiger charge is 2.14. The molecule has 20 heavy (non-hydrogen) atoms. The molecule has 2 aromatic heterocycles. The van der Waals surface area contributed by atoms with Crippen LogP contribution >= 0.6 is 22.9 Å². The van der Waals surface area contributed by atoms with Crippen molar-refractivity contribution in [3.8, 4) is 5.06 Å². The number of carbonyl (C=O) groups excluding carboxylic acids is 1. The van der Waals surface area contributed by atoms with E-state index in [1.165, 1.54) is 29.1 Å². The van der Waals surface area contributed by atoms with Crippen LogP contribution in [0.3, 0.4) is 0 Å². The van der Waals surface area contributed by atoms with E-state index >= 15 is 0 Å². The number of carbonyl (C=O) groups is 1. The summed E-state index contributed by atoms with van der Waals surface area (Å²) < 4.78 is 6.55. The topological polar surface area (TPSA) is 60.3 Å². The summed E-state index contributed by atoms with van der Waals surface area (Å²) in [5.74, 6) is -0.290. The maximum absolute atomic E-state index is 12.1. The molecule has 0 aliphatic carbocycles. The molecular formula is C13H13ClN2O3S. The number of amides is 1. The van der Waals surface area contributed by atoms with Crippen LogP contribution in [0.4, 0.5) is 5.69 Å². The average Bonchev–Trinajstić information content (AvgIpc) is 2.82. The second-order valence-electron chi connectivity index (χ2n) is 3.95. The number of hydrogen-bond donors (Lipinski definition) is 1. The monoisotopic (exact) mass is 312 g/mol. The molecule has 2 aromatic rings. The minimum absolute atomic E-state index is 0.105. The summed E-state index contributed by atoms with van der Waals surface area (Å²) >= 11 is 7.09. The number of nitrogens with one attached hydrogen (secondary N) is 1. The maximum Gasteiger partial charge on any atom is 0.265 e. The van der Waals surface area contributed by atoms with Crippen LogP contribution in [-0.4, -0.2) is 17.6 Å². The van der Waals surface area contributed by atoms with Gasteiger partial charge in [-0.2, -0.15) is 0 Å². The summed E-state index contributed by atoms with van der Waals surface area (Å²) in [7, 11) is 1.50. The van der Waals surface area contributed by atoms with Gasteiger partial charge in [-0.05, 0) is 19.1 Å². The molecule has 1 amide bonds. The Balaban J connectivity index is 2.20. The minimum atomic E-state index is -0.290. The zero-order valence-electron chi connectivity index (χ0n) is 11.0. The van der Waals surface area contributed by atoms with Gasteiger partial charge in [0.05, 0.1) is 22.7 Å². The first-order valence-electron chi connectivity index (χ1n) is 5.90. The highest BCUT2D eigenvalue weighted by molar-refractivity contribution is 7.16. The SMILES string of the molecule is CCn1cc(NC(=O)c2cc(Cl)c(OC)s2)ccc1=O. The fourth-order valence-electron chi connectivity index (χ4n) is 1.65. The van der Waals surface area contributed by atoms with Crippen molar-refractivity contribution in [1.29, 1.82) is 0 Å². The van der Waals surface area contributed by atoms with Crippen LogP contribution in [0.2, 0.25) is 5.02 Å². The lowest BCUT2D eigenvalue weighted by atomic mass is 10.3. The quantitative estimate of drug-likeness (QED) is 0.944. The Morgan fingerprint density at radius 3 is 2.85 bits per heavy atom. The predicted molar refractivity (Wildman–Crippen MR) is 80.2 cm³/mol. The van der Waals surface area contributed by atoms with Gasteiger partial charge in [-0.25, -0.2) is 0 Å². The third-order valence-corrected chi connectivity index (χ3v) is 4.13. The molecule has 0 spiro atoms. The number of aryl methyl sites for hydroxylation is 1. The number of rotatable bonds is 4. The van der Waals surface area contributed by atoms with Crippen molar-refractivity contribution < 1.29 is 9.53 Å². The van der Waals surface area contributed by atoms with Gasteiger partial charge in [-0.3, -0.25) is 9.59 Å². The molecule has 0 unspecified atom stereocenters. The molecule has 2 rings (SSSR count). The summed E-state index contributed by atoms with van der Waals surface area (Å²) in [4.78, 5) is 24.0. The Kier molecular flexibility index (Phi) is 4.46. The maximum atomic E-state index is 12.1. The van der Waals surface area contributed by atoms with Crippen LogP contribution in [0.25, 0.3) is 0 Å². The number of hydrogen-bond acceptors (Lipinski definition) is 4. The largest absolute Gasteiger partial charge is 0.486 e. The molecule has 0 radical (unpaired) electrons. The summed E-state index contributed by atoms with van der Waals surface area (Å²) in [6.45, 7) is 2.40. The predicted octanol–water partition coefficient (Wildman–Crippen LogP) is 2.84. The van der Waals surface area contributed by atoms with E-state index in [0.29, 0.717) is 27.2 Å². The van der Waals surface area contributed by atoms with Gasteiger partial charge in [0.15, 0.2) is 5.06 Å². The normalized spacial score (nSPS) is 10.3. The number of halogens is 1. The molecule has 2 heterocycles. The molecule has 106 valence electrons. The lowest BCUT2D eigenvalue weighted by molar-refractivity contribution is 0.103. The Labute approximate surface area is 124 Å². The van der Waals surface area contributed by atoms with Gasteiger partial charge in [0.1, 0.15) is 0 Å². The molecule has 0 aliphatic heterocycles. The van der Waals surface area contributed by atoms with Crippen molar-refractivity contribution in [1.82, 2.24) is 4.57 Å². The second-order valence-corrected chi connectivity index (χ2v) is 5.37. The standard InChI is InChI=1S/C13H13ClN2O3S/c1-3-16-7-8(4-5-11(16)17)15-12(18)10-6-9(14)13(19-2)20-10/h4-7H,3H2,1-2H3,(H,15,18). The molecule has 0 atom stereocenters. The highest BCUT2D eigenvalue weighted by Crippen LogP contribution is 2.34. The van der Waals surface area contributed by atoms with Crippen molar-refractivity contribution in [2.45, 2.75) is 13.5 Å². The number of ether oxygens (including phenoxy) is 1. The Bertz CT molecular complexity index is 693. The van der Waals surface area contributed by atoms with Crippen LogP contribution in [0.5, 0.6) is 5.06 Å². The molecule has 0 aliphatic rings. The Hall–Kier alpha value is -1.79. The molecule has 0 aromatic carbocycles. The number of anilines is 1. The number of pyridine rings is 1. The van der Waals surface area contributed by atoms with E-state index < -0.39 is 0 Å². The molecule has 0 saturated carbocycles. The second kappa shape index (κ2) is 6.11. The summed E-state index contributed by atoms with van der Waals surface area (Å²) in [6.07, 6.45) is 1.60. The molecule has 5 nitrogen and oxygen atoms in total. The van der Waals surface area contributed by atoms with Crippen LogP contribution in [0.15, 0.2) is 29.2 Å². The van der Waals surface area contributed by atoms with Gasteiger partial charge in [-0.1, -0.05) is 22.9 Å². The van der Waals surface area contributed by atoms with Crippen molar-refractivity contribution in [2.24, 2.45) is 0 Å². The van der Waals surface area contributed by atoms with Crippen LogP contribution in [0, 0.1) is 0 Å². The number of aromatic nitrogens is 1. The molecule has 0 saturated heterocycles. The van der Waals surface area contributed by atoms with E-state index in [1.54, 1.807) is 18.3 Å². The average molecular weight is 313 g/mol. The zero-order valence-corrected chi connectivity index (χ0v) is 12.5. The van der Waals surface area contributed by atoms with Crippen molar-refractivity contribution in [2.75, 3.05) is 12.4 Å². The zero-order chi connectivity index (χ0) is 14.7. The molecule has 1 N–H and O–H groups in total. The summed E-state index contributed by atoms with van der Waals surface area (Å²) in [5.41, 5.74) is 0.450. The first-order valence-corrected chi connectivity index (χ1v) is 7.09. The van der Waals surface area contributed by atoms with E-state index in [4.69, 9.17) is 16.3 Å². The van der Waals surface area contributed by atoms with Crippen LogP contribution in [-0.2, 0) is 6.54 Å². The van der Waals surface area contributed by atoms with Crippen molar-refractivity contribution in [3.63, 3.8) is 0 Å². The van der Waals surface area contributed by atoms with Gasteiger partial charge in [0, 0.05) is 18.8 Å². The third-order valence-electron chi connectivity index (χ3n) is 2.65. The lowest BCUT2D eigenvalue weighted by Gasteiger charge is -2.06. The van der Waals surface area contributed by atoms with Crippen LogP contribution in [0.1, 0.15) is 16.6 Å². The Morgan fingerprint density at radius 2 is 2.25 bits per heavy atom. The molecule has 0 bridgehead atoms. The lowest BCUT2D eigenvalue weighted by Crippen LogP contribution is -2.19. The first-order chi connectivity index (χ1) is 9.55. The molecule has 0 fully saturated rings. The number of methoxy groups -OCH3 is 1. The van der Waals surface area contributed by atoms with E-state index in [1.807, 2.05) is 6.92 Å². The van der Waals surface area contributed by atoms with Gasteiger partial charge >= 0.3 is 0 Å². The van der Waals surface area contributed by atoms with Gasteiger partial charge in [0.25, 0.3) is 11.5 Å². The highest BCUT2D eigenvalue weighted by atomic mass is 35.5. The number of thiophene rings is 1. The smallest absolute Gasteiger partial charge is 0.265 e. The minimum Gasteiger partial charge on any atom is -0.486 e. The number of nitrogens with zero attached hydrogens (tertiary/aromatic N) is 1. The first kappa shape index (κ1) is 14.6. The van der Waals surface area contributed by atoms with Gasteiger partial charge in [0.2, 0.25) is 0 Å². The van der Waals surface area contributed by atoms with Crippen molar-refractivity contribution >= 4 is 34.5 Å². The van der Waals surface area contributed by atoms with E-state index in [-0.39, 0.29) is 11.5 Å². The molecule has 7 heteroatoms. The summed E-state index contributed by atoms with van der Waals surface area (Å²) in [6, 6.07) is 4.54. The Morgan fingerprint density at radius 1 is 1.50 bits per heavy atom. The van der Waals surface area contributed by atoms with Crippen molar-refractivity contribution in [3.05, 3.63) is 44.6 Å². The van der Waals surface area contributed by atoms with E-state index in [2.05, 4.69) is 5.32 Å². The van der Waals surface area contributed by atoms with E-state index in [9.17, 15) is 9.59 Å². The molecular weight excluding hydrogens is 300 g/mol. The fourth-order valence-corrected chi connectivity index (χ4v) is 2.77. The summed E-state index contributed by atoms with van der Waals surface area (Å²) in [5, 5.41) is 3.62. The van der Waals surface area contributed by atoms with E-state index in [0.717, 1.165) is 0 Å².